The summed E-state index contributed by atoms with van der Waals surface area (Å²) in [6.07, 6.45) is -3.46. The molecule has 1 heterocycles. The fourth-order valence-electron chi connectivity index (χ4n) is 1.36. The second kappa shape index (κ2) is 5.48. The summed E-state index contributed by atoms with van der Waals surface area (Å²) in [5, 5.41) is 8.61. The lowest BCUT2D eigenvalue weighted by Gasteiger charge is -2.10. The Morgan fingerprint density at radius 3 is 2.45 bits per heavy atom. The molecule has 2 aromatic rings. The number of ether oxygens (including phenoxy) is 2. The van der Waals surface area contributed by atoms with E-state index in [1.165, 1.54) is 30.5 Å². The van der Waals surface area contributed by atoms with Gasteiger partial charge in [0.2, 0.25) is 5.88 Å². The van der Waals surface area contributed by atoms with Crippen LogP contribution in [-0.4, -0.2) is 11.3 Å². The monoisotopic (exact) mass is 280 g/mol. The van der Waals surface area contributed by atoms with Gasteiger partial charge >= 0.3 is 6.36 Å². The maximum Gasteiger partial charge on any atom is 0.573 e. The molecule has 7 heteroatoms. The van der Waals surface area contributed by atoms with E-state index in [9.17, 15) is 13.2 Å². The third kappa shape index (κ3) is 3.88. The number of benzene rings is 1. The molecule has 0 spiro atoms. The van der Waals surface area contributed by atoms with Crippen molar-refractivity contribution in [2.45, 2.75) is 6.36 Å². The van der Waals surface area contributed by atoms with Crippen molar-refractivity contribution in [1.82, 2.24) is 4.98 Å². The van der Waals surface area contributed by atoms with E-state index in [1.807, 2.05) is 6.07 Å². The lowest BCUT2D eigenvalue weighted by molar-refractivity contribution is -0.274. The Hall–Kier alpha value is -2.75. The highest BCUT2D eigenvalue weighted by molar-refractivity contribution is 5.36. The van der Waals surface area contributed by atoms with Gasteiger partial charge in [0.1, 0.15) is 17.6 Å². The first-order valence-corrected chi connectivity index (χ1v) is 5.36. The van der Waals surface area contributed by atoms with Gasteiger partial charge in [-0.3, -0.25) is 0 Å². The molecule has 1 aromatic heterocycles. The molecule has 102 valence electrons. The predicted molar refractivity (Wildman–Crippen MR) is 62.2 cm³/mol. The van der Waals surface area contributed by atoms with E-state index in [1.54, 1.807) is 0 Å². The van der Waals surface area contributed by atoms with E-state index in [-0.39, 0.29) is 17.4 Å². The van der Waals surface area contributed by atoms with Crippen LogP contribution < -0.4 is 9.47 Å². The van der Waals surface area contributed by atoms with Gasteiger partial charge in [0, 0.05) is 18.3 Å². The predicted octanol–water partition coefficient (Wildman–Crippen LogP) is 3.64. The largest absolute Gasteiger partial charge is 0.573 e. The van der Waals surface area contributed by atoms with Gasteiger partial charge in [-0.25, -0.2) is 4.98 Å². The van der Waals surface area contributed by atoms with Crippen LogP contribution in [0.25, 0.3) is 0 Å². The van der Waals surface area contributed by atoms with Crippen molar-refractivity contribution in [2.75, 3.05) is 0 Å². The first-order chi connectivity index (χ1) is 9.46. The molecule has 1 aromatic carbocycles. The molecular weight excluding hydrogens is 273 g/mol. The van der Waals surface area contributed by atoms with Gasteiger partial charge in [-0.15, -0.1) is 13.2 Å². The summed E-state index contributed by atoms with van der Waals surface area (Å²) in [5.74, 6) is -0.0826. The Morgan fingerprint density at radius 2 is 1.85 bits per heavy atom. The van der Waals surface area contributed by atoms with Crippen LogP contribution in [0.15, 0.2) is 42.6 Å². The molecule has 0 atom stereocenters. The molecule has 0 aliphatic rings. The maximum atomic E-state index is 12.1. The fraction of sp³-hybridized carbons (Fsp3) is 0.0769. The molecule has 20 heavy (non-hydrogen) atoms. The van der Waals surface area contributed by atoms with Gasteiger partial charge in [0.25, 0.3) is 0 Å². The minimum absolute atomic E-state index is 0.143. The summed E-state index contributed by atoms with van der Waals surface area (Å²) in [5.41, 5.74) is 0.353. The minimum atomic E-state index is -4.76. The zero-order chi connectivity index (χ0) is 14.6. The second-order valence-electron chi connectivity index (χ2n) is 3.62. The minimum Gasteiger partial charge on any atom is -0.439 e. The van der Waals surface area contributed by atoms with Gasteiger partial charge in [-0.2, -0.15) is 5.26 Å². The fourth-order valence-corrected chi connectivity index (χ4v) is 1.36. The standard InChI is InChI=1S/C13H7F3N2O2/c14-13(15,16)20-11-3-1-2-10(6-11)19-12-5-4-9(7-17)8-18-12/h1-6,8H. The first-order valence-electron chi connectivity index (χ1n) is 5.36. The van der Waals surface area contributed by atoms with Gasteiger partial charge in [-0.1, -0.05) is 6.07 Å². The van der Waals surface area contributed by atoms with Crippen molar-refractivity contribution in [3.05, 3.63) is 48.2 Å². The van der Waals surface area contributed by atoms with E-state index >= 15 is 0 Å². The normalized spacial score (nSPS) is 10.7. The molecule has 0 aliphatic carbocycles. The third-order valence-electron chi connectivity index (χ3n) is 2.13. The number of aromatic nitrogens is 1. The molecule has 0 unspecified atom stereocenters. The van der Waals surface area contributed by atoms with Crippen LogP contribution in [-0.2, 0) is 0 Å². The number of alkyl halides is 3. The smallest absolute Gasteiger partial charge is 0.439 e. The molecule has 0 fully saturated rings. The summed E-state index contributed by atoms with van der Waals surface area (Å²) in [7, 11) is 0. The lowest BCUT2D eigenvalue weighted by Crippen LogP contribution is -2.17. The molecule has 0 amide bonds. The molecular formula is C13H7F3N2O2. The Labute approximate surface area is 112 Å². The number of hydrogen-bond donors (Lipinski definition) is 0. The summed E-state index contributed by atoms with van der Waals surface area (Å²) in [6.45, 7) is 0. The average molecular weight is 280 g/mol. The van der Waals surface area contributed by atoms with Crippen molar-refractivity contribution in [2.24, 2.45) is 0 Å². The van der Waals surface area contributed by atoms with Crippen LogP contribution >= 0.6 is 0 Å². The van der Waals surface area contributed by atoms with Gasteiger partial charge in [0.05, 0.1) is 5.56 Å². The van der Waals surface area contributed by atoms with E-state index < -0.39 is 6.36 Å². The van der Waals surface area contributed by atoms with Crippen molar-refractivity contribution in [1.29, 1.82) is 5.26 Å². The molecule has 2 rings (SSSR count). The highest BCUT2D eigenvalue weighted by atomic mass is 19.4. The first kappa shape index (κ1) is 13.7. The Morgan fingerprint density at radius 1 is 1.10 bits per heavy atom. The van der Waals surface area contributed by atoms with Crippen LogP contribution in [0.2, 0.25) is 0 Å². The Bertz CT molecular complexity index is 633. The van der Waals surface area contributed by atoms with Gasteiger partial charge in [-0.05, 0) is 18.2 Å². The quantitative estimate of drug-likeness (QED) is 0.861. The lowest BCUT2D eigenvalue weighted by atomic mass is 10.3. The van der Waals surface area contributed by atoms with E-state index in [4.69, 9.17) is 10.00 Å². The SMILES string of the molecule is N#Cc1ccc(Oc2cccc(OC(F)(F)F)c2)nc1. The van der Waals surface area contributed by atoms with Crippen LogP contribution in [0.3, 0.4) is 0 Å². The maximum absolute atomic E-state index is 12.1. The number of hydrogen-bond acceptors (Lipinski definition) is 4. The zero-order valence-electron chi connectivity index (χ0n) is 9.89. The zero-order valence-corrected chi connectivity index (χ0v) is 9.89. The third-order valence-corrected chi connectivity index (χ3v) is 2.13. The molecule has 0 bridgehead atoms. The average Bonchev–Trinajstić information content (AvgIpc) is 2.38. The van der Waals surface area contributed by atoms with E-state index in [0.29, 0.717) is 5.56 Å². The van der Waals surface area contributed by atoms with Crippen LogP contribution in [0.4, 0.5) is 13.2 Å². The number of halogens is 3. The summed E-state index contributed by atoms with van der Waals surface area (Å²) < 4.78 is 45.3. The highest BCUT2D eigenvalue weighted by Gasteiger charge is 2.31. The second-order valence-corrected chi connectivity index (χ2v) is 3.62. The van der Waals surface area contributed by atoms with Crippen molar-refractivity contribution < 1.29 is 22.6 Å². The van der Waals surface area contributed by atoms with Crippen LogP contribution in [0.5, 0.6) is 17.4 Å². The van der Waals surface area contributed by atoms with Crippen molar-refractivity contribution in [3.63, 3.8) is 0 Å². The number of nitrogens with zero attached hydrogens (tertiary/aromatic N) is 2. The number of nitriles is 1. The summed E-state index contributed by atoms with van der Waals surface area (Å²) in [4.78, 5) is 3.84. The van der Waals surface area contributed by atoms with Crippen molar-refractivity contribution in [3.8, 4) is 23.4 Å². The number of pyridine rings is 1. The Balaban J connectivity index is 2.13. The summed E-state index contributed by atoms with van der Waals surface area (Å²) in [6, 6.07) is 9.89. The number of rotatable bonds is 3. The summed E-state index contributed by atoms with van der Waals surface area (Å²) >= 11 is 0. The van der Waals surface area contributed by atoms with Crippen LogP contribution in [0, 0.1) is 11.3 Å². The van der Waals surface area contributed by atoms with Crippen LogP contribution in [0.1, 0.15) is 5.56 Å². The highest BCUT2D eigenvalue weighted by Crippen LogP contribution is 2.28. The van der Waals surface area contributed by atoms with Gasteiger partial charge in [0.15, 0.2) is 0 Å². The molecule has 0 N–H and O–H groups in total. The molecule has 0 saturated heterocycles. The Kier molecular flexibility index (Phi) is 3.75. The van der Waals surface area contributed by atoms with Crippen molar-refractivity contribution >= 4 is 0 Å². The van der Waals surface area contributed by atoms with E-state index in [2.05, 4.69) is 9.72 Å². The van der Waals surface area contributed by atoms with E-state index in [0.717, 1.165) is 12.1 Å². The molecule has 0 radical (unpaired) electrons. The molecule has 0 aliphatic heterocycles. The topological polar surface area (TPSA) is 55.1 Å². The molecule has 4 nitrogen and oxygen atoms in total. The van der Waals surface area contributed by atoms with Gasteiger partial charge < -0.3 is 9.47 Å². The molecule has 0 saturated carbocycles.